The Hall–Kier alpha value is -1.10. The van der Waals surface area contributed by atoms with E-state index in [1.807, 2.05) is 17.9 Å². The maximum Gasteiger partial charge on any atom is 0.241 e. The SMILES string of the molecule is Cc1cc(NCC(=O)N2CCCC2)ncc1Br. The molecule has 1 aromatic heterocycles. The molecule has 0 bridgehead atoms. The Morgan fingerprint density at radius 2 is 2.24 bits per heavy atom. The molecule has 0 saturated carbocycles. The van der Waals surface area contributed by atoms with Crippen LogP contribution in [0.5, 0.6) is 0 Å². The van der Waals surface area contributed by atoms with Gasteiger partial charge in [-0.25, -0.2) is 4.98 Å². The summed E-state index contributed by atoms with van der Waals surface area (Å²) in [5.74, 6) is 0.906. The molecule has 17 heavy (non-hydrogen) atoms. The van der Waals surface area contributed by atoms with Gasteiger partial charge in [0, 0.05) is 23.8 Å². The highest BCUT2D eigenvalue weighted by molar-refractivity contribution is 9.10. The van der Waals surface area contributed by atoms with E-state index in [1.165, 1.54) is 0 Å². The molecule has 1 aromatic rings. The van der Waals surface area contributed by atoms with Crippen molar-refractivity contribution in [2.45, 2.75) is 19.8 Å². The van der Waals surface area contributed by atoms with Gasteiger partial charge in [0.05, 0.1) is 6.54 Å². The number of aromatic nitrogens is 1. The molecule has 1 N–H and O–H groups in total. The zero-order chi connectivity index (χ0) is 12.3. The molecule has 0 atom stereocenters. The van der Waals surface area contributed by atoms with Crippen LogP contribution >= 0.6 is 15.9 Å². The first kappa shape index (κ1) is 12.4. The lowest BCUT2D eigenvalue weighted by molar-refractivity contribution is -0.128. The fraction of sp³-hybridized carbons (Fsp3) is 0.500. The molecule has 0 unspecified atom stereocenters. The lowest BCUT2D eigenvalue weighted by atomic mass is 10.3. The molecule has 2 rings (SSSR count). The van der Waals surface area contributed by atoms with Crippen molar-refractivity contribution in [3.05, 3.63) is 22.3 Å². The highest BCUT2D eigenvalue weighted by atomic mass is 79.9. The summed E-state index contributed by atoms with van der Waals surface area (Å²) in [6, 6.07) is 1.93. The van der Waals surface area contributed by atoms with E-state index in [1.54, 1.807) is 6.20 Å². The molecule has 0 radical (unpaired) electrons. The van der Waals surface area contributed by atoms with E-state index in [2.05, 4.69) is 26.2 Å². The molecular weight excluding hydrogens is 282 g/mol. The van der Waals surface area contributed by atoms with Crippen molar-refractivity contribution in [3.8, 4) is 0 Å². The summed E-state index contributed by atoms with van der Waals surface area (Å²) in [5, 5.41) is 3.07. The van der Waals surface area contributed by atoms with Crippen molar-refractivity contribution >= 4 is 27.7 Å². The number of anilines is 1. The van der Waals surface area contributed by atoms with Gasteiger partial charge in [-0.15, -0.1) is 0 Å². The molecule has 1 amide bonds. The van der Waals surface area contributed by atoms with Gasteiger partial charge in [0.2, 0.25) is 5.91 Å². The van der Waals surface area contributed by atoms with Gasteiger partial charge in [-0.3, -0.25) is 4.79 Å². The molecule has 1 aliphatic heterocycles. The predicted molar refractivity (Wildman–Crippen MR) is 71.0 cm³/mol. The third-order valence-corrected chi connectivity index (χ3v) is 3.76. The van der Waals surface area contributed by atoms with Crippen LogP contribution in [0.2, 0.25) is 0 Å². The van der Waals surface area contributed by atoms with Gasteiger partial charge in [0.1, 0.15) is 5.82 Å². The van der Waals surface area contributed by atoms with E-state index < -0.39 is 0 Å². The number of amides is 1. The Bertz CT molecular complexity index is 416. The second-order valence-corrected chi connectivity index (χ2v) is 5.11. The van der Waals surface area contributed by atoms with Gasteiger partial charge in [0.15, 0.2) is 0 Å². The zero-order valence-corrected chi connectivity index (χ0v) is 11.5. The van der Waals surface area contributed by atoms with Crippen molar-refractivity contribution in [2.24, 2.45) is 0 Å². The molecule has 2 heterocycles. The van der Waals surface area contributed by atoms with E-state index in [9.17, 15) is 4.79 Å². The molecule has 0 aromatic carbocycles. The summed E-state index contributed by atoms with van der Waals surface area (Å²) in [5.41, 5.74) is 1.11. The first-order valence-electron chi connectivity index (χ1n) is 5.80. The number of hydrogen-bond acceptors (Lipinski definition) is 3. The van der Waals surface area contributed by atoms with Crippen molar-refractivity contribution < 1.29 is 4.79 Å². The number of pyridine rings is 1. The molecule has 92 valence electrons. The van der Waals surface area contributed by atoms with Gasteiger partial charge >= 0.3 is 0 Å². The van der Waals surface area contributed by atoms with E-state index in [4.69, 9.17) is 0 Å². The highest BCUT2D eigenvalue weighted by Crippen LogP contribution is 2.17. The van der Waals surface area contributed by atoms with E-state index in [0.717, 1.165) is 41.8 Å². The largest absolute Gasteiger partial charge is 0.361 e. The standard InChI is InChI=1S/C12H16BrN3O/c1-9-6-11(14-7-10(9)13)15-8-12(17)16-4-2-3-5-16/h6-7H,2-5,8H2,1H3,(H,14,15). The van der Waals surface area contributed by atoms with Crippen molar-refractivity contribution in [2.75, 3.05) is 25.0 Å². The van der Waals surface area contributed by atoms with Crippen LogP contribution in [0.1, 0.15) is 18.4 Å². The lowest BCUT2D eigenvalue weighted by Crippen LogP contribution is -2.33. The number of carbonyl (C=O) groups excluding carboxylic acids is 1. The van der Waals surface area contributed by atoms with Crippen LogP contribution in [0.25, 0.3) is 0 Å². The average molecular weight is 298 g/mol. The highest BCUT2D eigenvalue weighted by Gasteiger charge is 2.17. The summed E-state index contributed by atoms with van der Waals surface area (Å²) in [7, 11) is 0. The van der Waals surface area contributed by atoms with Gasteiger partial charge in [0.25, 0.3) is 0 Å². The number of rotatable bonds is 3. The number of likely N-dealkylation sites (tertiary alicyclic amines) is 1. The summed E-state index contributed by atoms with van der Waals surface area (Å²) >= 11 is 3.40. The second-order valence-electron chi connectivity index (χ2n) is 4.26. The van der Waals surface area contributed by atoms with Crippen molar-refractivity contribution in [1.82, 2.24) is 9.88 Å². The summed E-state index contributed by atoms with van der Waals surface area (Å²) < 4.78 is 0.980. The molecule has 1 saturated heterocycles. The minimum atomic E-state index is 0.157. The van der Waals surface area contributed by atoms with E-state index >= 15 is 0 Å². The van der Waals surface area contributed by atoms with E-state index in [0.29, 0.717) is 6.54 Å². The van der Waals surface area contributed by atoms with Gasteiger partial charge in [-0.05, 0) is 47.3 Å². The van der Waals surface area contributed by atoms with Crippen LogP contribution in [0.15, 0.2) is 16.7 Å². The third-order valence-electron chi connectivity index (χ3n) is 2.93. The van der Waals surface area contributed by atoms with Crippen molar-refractivity contribution in [3.63, 3.8) is 0 Å². The quantitative estimate of drug-likeness (QED) is 0.930. The van der Waals surface area contributed by atoms with Gasteiger partial charge in [-0.1, -0.05) is 0 Å². The number of aryl methyl sites for hydroxylation is 1. The summed E-state index contributed by atoms with van der Waals surface area (Å²) in [6.45, 7) is 4.12. The topological polar surface area (TPSA) is 45.2 Å². The molecule has 1 fully saturated rings. The average Bonchev–Trinajstić information content (AvgIpc) is 2.84. The second kappa shape index (κ2) is 5.49. The third kappa shape index (κ3) is 3.19. The van der Waals surface area contributed by atoms with E-state index in [-0.39, 0.29) is 5.91 Å². The number of carbonyl (C=O) groups is 1. The smallest absolute Gasteiger partial charge is 0.241 e. The Balaban J connectivity index is 1.88. The number of hydrogen-bond donors (Lipinski definition) is 1. The molecule has 4 nitrogen and oxygen atoms in total. The van der Waals surface area contributed by atoms with Crippen LogP contribution in [-0.4, -0.2) is 35.4 Å². The maximum atomic E-state index is 11.8. The Labute approximate surface area is 110 Å². The van der Waals surface area contributed by atoms with Crippen LogP contribution < -0.4 is 5.32 Å². The summed E-state index contributed by atoms with van der Waals surface area (Å²) in [6.07, 6.45) is 4.00. The number of halogens is 1. The molecule has 5 heteroatoms. The van der Waals surface area contributed by atoms with Crippen LogP contribution in [0.3, 0.4) is 0 Å². The fourth-order valence-corrected chi connectivity index (χ4v) is 2.10. The maximum absolute atomic E-state index is 11.8. The number of nitrogens with zero attached hydrogens (tertiary/aromatic N) is 2. The monoisotopic (exact) mass is 297 g/mol. The predicted octanol–water partition coefficient (Wildman–Crippen LogP) is 2.19. The van der Waals surface area contributed by atoms with Gasteiger partial charge < -0.3 is 10.2 Å². The lowest BCUT2D eigenvalue weighted by Gasteiger charge is -2.15. The van der Waals surface area contributed by atoms with Crippen molar-refractivity contribution in [1.29, 1.82) is 0 Å². The Morgan fingerprint density at radius 1 is 1.53 bits per heavy atom. The number of nitrogens with one attached hydrogen (secondary N) is 1. The Kier molecular flexibility index (Phi) is 3.99. The minimum Gasteiger partial charge on any atom is -0.361 e. The summed E-state index contributed by atoms with van der Waals surface area (Å²) in [4.78, 5) is 17.9. The van der Waals surface area contributed by atoms with Crippen LogP contribution in [0, 0.1) is 6.92 Å². The van der Waals surface area contributed by atoms with Gasteiger partial charge in [-0.2, -0.15) is 0 Å². The molecule has 0 aliphatic carbocycles. The first-order chi connectivity index (χ1) is 8.16. The normalized spacial score (nSPS) is 15.1. The Morgan fingerprint density at radius 3 is 2.88 bits per heavy atom. The zero-order valence-electron chi connectivity index (χ0n) is 9.87. The van der Waals surface area contributed by atoms with Crippen LogP contribution in [0.4, 0.5) is 5.82 Å². The first-order valence-corrected chi connectivity index (χ1v) is 6.60. The molecular formula is C12H16BrN3O. The minimum absolute atomic E-state index is 0.157. The molecule has 1 aliphatic rings. The molecule has 0 spiro atoms. The van der Waals surface area contributed by atoms with Crippen LogP contribution in [-0.2, 0) is 4.79 Å². The fourth-order valence-electron chi connectivity index (χ4n) is 1.88.